The van der Waals surface area contributed by atoms with E-state index in [1.807, 2.05) is 42.5 Å². The Hall–Kier alpha value is -3.60. The fraction of sp³-hybridized carbons (Fsp3) is 0.355. The molecule has 0 aliphatic carbocycles. The van der Waals surface area contributed by atoms with E-state index in [0.29, 0.717) is 36.7 Å². The van der Waals surface area contributed by atoms with Crippen LogP contribution in [0.1, 0.15) is 77.3 Å². The molecule has 5 nitrogen and oxygen atoms in total. The molecule has 0 heterocycles. The van der Waals surface area contributed by atoms with Crippen molar-refractivity contribution >= 4 is 11.9 Å². The molecule has 0 spiro atoms. The Labute approximate surface area is 214 Å². The topological polar surface area (TPSA) is 75.6 Å². The number of aliphatic carboxylic acids is 1. The van der Waals surface area contributed by atoms with Gasteiger partial charge in [0.15, 0.2) is 0 Å². The zero-order chi connectivity index (χ0) is 26.1. The van der Waals surface area contributed by atoms with Crippen molar-refractivity contribution in [2.75, 3.05) is 0 Å². The summed E-state index contributed by atoms with van der Waals surface area (Å²) in [6, 6.07) is 21.7. The van der Waals surface area contributed by atoms with Crippen LogP contribution in [0.5, 0.6) is 5.75 Å². The first-order valence-electron chi connectivity index (χ1n) is 12.6. The predicted molar refractivity (Wildman–Crippen MR) is 143 cm³/mol. The van der Waals surface area contributed by atoms with Gasteiger partial charge in [-0.3, -0.25) is 9.59 Å². The first-order valence-corrected chi connectivity index (χ1v) is 12.6. The highest BCUT2D eigenvalue weighted by molar-refractivity contribution is 5.96. The third-order valence-electron chi connectivity index (χ3n) is 6.07. The smallest absolute Gasteiger partial charge is 0.303 e. The van der Waals surface area contributed by atoms with Crippen LogP contribution in [0.3, 0.4) is 0 Å². The molecule has 0 aliphatic heterocycles. The normalized spacial score (nSPS) is 11.8. The number of hydrogen-bond acceptors (Lipinski definition) is 3. The largest absolute Gasteiger partial charge is 0.489 e. The number of carbonyl (C=O) groups is 2. The molecule has 3 aromatic rings. The van der Waals surface area contributed by atoms with Crippen LogP contribution in [0.15, 0.2) is 66.7 Å². The summed E-state index contributed by atoms with van der Waals surface area (Å²) in [7, 11) is 0. The molecule has 0 fully saturated rings. The van der Waals surface area contributed by atoms with Gasteiger partial charge < -0.3 is 15.2 Å². The van der Waals surface area contributed by atoms with Crippen LogP contribution < -0.4 is 10.1 Å². The number of benzene rings is 3. The van der Waals surface area contributed by atoms with E-state index in [9.17, 15) is 9.59 Å². The van der Waals surface area contributed by atoms with Crippen molar-refractivity contribution in [2.24, 2.45) is 5.92 Å². The number of hydrogen-bond donors (Lipinski definition) is 2. The van der Waals surface area contributed by atoms with E-state index >= 15 is 0 Å². The number of nitrogens with one attached hydrogen (secondary N) is 1. The number of rotatable bonds is 12. The Bertz CT molecular complexity index is 1150. The second kappa shape index (κ2) is 12.9. The van der Waals surface area contributed by atoms with Gasteiger partial charge in [0.05, 0.1) is 6.04 Å². The molecule has 1 unspecified atom stereocenters. The Balaban J connectivity index is 1.87. The number of carboxylic acid groups (broad SMARTS) is 1. The lowest BCUT2D eigenvalue weighted by molar-refractivity contribution is -0.137. The van der Waals surface area contributed by atoms with Gasteiger partial charge in [0, 0.05) is 12.0 Å². The maximum atomic E-state index is 13.6. The molecule has 0 aliphatic rings. The van der Waals surface area contributed by atoms with Crippen LogP contribution in [0.25, 0.3) is 0 Å². The van der Waals surface area contributed by atoms with Gasteiger partial charge in [0.2, 0.25) is 0 Å². The summed E-state index contributed by atoms with van der Waals surface area (Å²) in [5.74, 6) is -0.00424. The maximum absolute atomic E-state index is 13.6. The minimum absolute atomic E-state index is 0.0614. The monoisotopic (exact) mass is 487 g/mol. The van der Waals surface area contributed by atoms with Gasteiger partial charge in [0.25, 0.3) is 5.91 Å². The predicted octanol–water partition coefficient (Wildman–Crippen LogP) is 6.81. The second-order valence-electron chi connectivity index (χ2n) is 9.92. The SMILES string of the molecule is Cc1cc(C)cc(C(CC(C)C)NC(=O)c2cc(OCc3ccccc3)ccc2CCCC(=O)O)c1. The van der Waals surface area contributed by atoms with Crippen LogP contribution in [0.2, 0.25) is 0 Å². The quantitative estimate of drug-likeness (QED) is 0.294. The number of carbonyl (C=O) groups excluding carboxylic acids is 1. The Morgan fingerprint density at radius 1 is 0.944 bits per heavy atom. The van der Waals surface area contributed by atoms with Crippen LogP contribution in [-0.2, 0) is 17.8 Å². The molecular formula is C31H37NO4. The zero-order valence-corrected chi connectivity index (χ0v) is 21.7. The lowest BCUT2D eigenvalue weighted by atomic mass is 9.93. The van der Waals surface area contributed by atoms with Gasteiger partial charge >= 0.3 is 5.97 Å². The van der Waals surface area contributed by atoms with E-state index in [1.54, 1.807) is 6.07 Å². The summed E-state index contributed by atoms with van der Waals surface area (Å²) in [6.07, 6.45) is 1.85. The standard InChI is InChI=1S/C31H37NO4/c1-21(2)15-29(26-17-22(3)16-23(4)18-26)32-31(35)28-19-27(36-20-24-9-6-5-7-10-24)14-13-25(28)11-8-12-30(33)34/h5-7,9-10,13-14,16-19,21,29H,8,11-12,15,20H2,1-4H3,(H,32,35)(H,33,34). The van der Waals surface area contributed by atoms with E-state index in [2.05, 4.69) is 51.2 Å². The molecule has 190 valence electrons. The van der Waals surface area contributed by atoms with Gasteiger partial charge in [-0.1, -0.05) is 79.6 Å². The third kappa shape index (κ3) is 8.26. The molecule has 0 saturated heterocycles. The summed E-state index contributed by atoms with van der Waals surface area (Å²) in [4.78, 5) is 24.7. The van der Waals surface area contributed by atoms with Crippen LogP contribution in [-0.4, -0.2) is 17.0 Å². The van der Waals surface area contributed by atoms with Gasteiger partial charge in [-0.05, 0) is 67.9 Å². The summed E-state index contributed by atoms with van der Waals surface area (Å²) in [6.45, 7) is 8.84. The van der Waals surface area contributed by atoms with Gasteiger partial charge in [-0.15, -0.1) is 0 Å². The van der Waals surface area contributed by atoms with Crippen molar-refractivity contribution in [3.63, 3.8) is 0 Å². The van der Waals surface area contributed by atoms with Crippen LogP contribution in [0.4, 0.5) is 0 Å². The van der Waals surface area contributed by atoms with Gasteiger partial charge in [-0.25, -0.2) is 0 Å². The zero-order valence-electron chi connectivity index (χ0n) is 21.7. The average molecular weight is 488 g/mol. The lowest BCUT2D eigenvalue weighted by Crippen LogP contribution is -2.30. The molecule has 0 aromatic heterocycles. The number of ether oxygens (including phenoxy) is 1. The minimum atomic E-state index is -0.837. The molecule has 0 radical (unpaired) electrons. The van der Waals surface area contributed by atoms with Gasteiger partial charge in [0.1, 0.15) is 12.4 Å². The fourth-order valence-electron chi connectivity index (χ4n) is 4.44. The first-order chi connectivity index (χ1) is 17.2. The number of carboxylic acids is 1. The summed E-state index contributed by atoms with van der Waals surface area (Å²) in [5, 5.41) is 12.3. The number of amides is 1. The summed E-state index contributed by atoms with van der Waals surface area (Å²) < 4.78 is 5.99. The first kappa shape index (κ1) is 27.0. The molecule has 1 atom stereocenters. The highest BCUT2D eigenvalue weighted by Crippen LogP contribution is 2.26. The van der Waals surface area contributed by atoms with Crippen molar-refractivity contribution in [1.82, 2.24) is 5.32 Å². The van der Waals surface area contributed by atoms with E-state index in [-0.39, 0.29) is 18.4 Å². The lowest BCUT2D eigenvalue weighted by Gasteiger charge is -2.23. The Kier molecular flexibility index (Phi) is 9.69. The highest BCUT2D eigenvalue weighted by atomic mass is 16.5. The molecule has 0 saturated carbocycles. The fourth-order valence-corrected chi connectivity index (χ4v) is 4.44. The van der Waals surface area contributed by atoms with Crippen LogP contribution in [0, 0.1) is 19.8 Å². The van der Waals surface area contributed by atoms with E-state index < -0.39 is 5.97 Å². The van der Waals surface area contributed by atoms with Crippen molar-refractivity contribution in [3.05, 3.63) is 100 Å². The van der Waals surface area contributed by atoms with E-state index in [4.69, 9.17) is 9.84 Å². The minimum Gasteiger partial charge on any atom is -0.489 e. The molecule has 3 aromatic carbocycles. The van der Waals surface area contributed by atoms with Crippen molar-refractivity contribution in [2.45, 2.75) is 66.0 Å². The maximum Gasteiger partial charge on any atom is 0.303 e. The van der Waals surface area contributed by atoms with E-state index in [1.165, 1.54) is 11.1 Å². The molecule has 5 heteroatoms. The van der Waals surface area contributed by atoms with Gasteiger partial charge in [-0.2, -0.15) is 0 Å². The molecule has 2 N–H and O–H groups in total. The average Bonchev–Trinajstić information content (AvgIpc) is 2.82. The second-order valence-corrected chi connectivity index (χ2v) is 9.92. The molecular weight excluding hydrogens is 450 g/mol. The molecule has 1 amide bonds. The van der Waals surface area contributed by atoms with Crippen LogP contribution >= 0.6 is 0 Å². The van der Waals surface area contributed by atoms with E-state index in [0.717, 1.165) is 23.1 Å². The summed E-state index contributed by atoms with van der Waals surface area (Å²) in [5.41, 5.74) is 5.82. The Morgan fingerprint density at radius 3 is 2.28 bits per heavy atom. The molecule has 36 heavy (non-hydrogen) atoms. The number of aryl methyl sites for hydroxylation is 3. The molecule has 0 bridgehead atoms. The third-order valence-corrected chi connectivity index (χ3v) is 6.07. The Morgan fingerprint density at radius 2 is 1.64 bits per heavy atom. The van der Waals surface area contributed by atoms with Crippen molar-refractivity contribution in [1.29, 1.82) is 0 Å². The summed E-state index contributed by atoms with van der Waals surface area (Å²) >= 11 is 0. The molecule has 3 rings (SSSR count). The van der Waals surface area contributed by atoms with Crippen molar-refractivity contribution < 1.29 is 19.4 Å². The van der Waals surface area contributed by atoms with Crippen molar-refractivity contribution in [3.8, 4) is 5.75 Å². The highest BCUT2D eigenvalue weighted by Gasteiger charge is 2.20.